The predicted molar refractivity (Wildman–Crippen MR) is 67.2 cm³/mol. The molecule has 1 amide bonds. The minimum absolute atomic E-state index is 0.0181. The van der Waals surface area contributed by atoms with E-state index in [4.69, 9.17) is 11.6 Å². The second kappa shape index (κ2) is 5.95. The van der Waals surface area contributed by atoms with Gasteiger partial charge in [0.05, 0.1) is 5.92 Å². The van der Waals surface area contributed by atoms with Crippen molar-refractivity contribution >= 4 is 23.3 Å². The Hall–Kier alpha value is -1.37. The lowest BCUT2D eigenvalue weighted by Crippen LogP contribution is -2.32. The molecule has 2 rings (SSSR count). The van der Waals surface area contributed by atoms with Crippen LogP contribution in [0.5, 0.6) is 0 Å². The first-order valence-corrected chi connectivity index (χ1v) is 6.60. The summed E-state index contributed by atoms with van der Waals surface area (Å²) in [6.07, 6.45) is -1.02. The molecular weight excluding hydrogens is 295 g/mol. The normalized spacial score (nSPS) is 23.4. The lowest BCUT2D eigenvalue weighted by Gasteiger charge is -2.28. The van der Waals surface area contributed by atoms with Gasteiger partial charge in [0.25, 0.3) is 0 Å². The maximum absolute atomic E-state index is 12.5. The number of amides is 1. The van der Waals surface area contributed by atoms with Gasteiger partial charge in [-0.3, -0.25) is 4.79 Å². The zero-order valence-corrected chi connectivity index (χ0v) is 11.2. The fourth-order valence-electron chi connectivity index (χ4n) is 2.31. The zero-order valence-electron chi connectivity index (χ0n) is 10.5. The van der Waals surface area contributed by atoms with Crippen LogP contribution in [0.3, 0.4) is 0 Å². The van der Waals surface area contributed by atoms with Gasteiger partial charge in [-0.2, -0.15) is 13.2 Å². The lowest BCUT2D eigenvalue weighted by atomic mass is 9.81. The number of carbonyl (C=O) groups excluding carboxylic acids is 1. The van der Waals surface area contributed by atoms with Crippen LogP contribution in [0, 0.1) is 11.8 Å². The van der Waals surface area contributed by atoms with Gasteiger partial charge in [0.15, 0.2) is 11.0 Å². The molecule has 1 aromatic rings. The van der Waals surface area contributed by atoms with E-state index in [2.05, 4.69) is 15.3 Å². The Labute approximate surface area is 118 Å². The van der Waals surface area contributed by atoms with Crippen LogP contribution in [-0.2, 0) is 4.79 Å². The first kappa shape index (κ1) is 15.0. The van der Waals surface area contributed by atoms with E-state index in [1.807, 2.05) is 0 Å². The number of halogens is 4. The van der Waals surface area contributed by atoms with Gasteiger partial charge in [0, 0.05) is 18.3 Å². The van der Waals surface area contributed by atoms with E-state index < -0.39 is 18.0 Å². The molecule has 0 atom stereocenters. The van der Waals surface area contributed by atoms with Gasteiger partial charge in [0.2, 0.25) is 5.91 Å². The highest BCUT2D eigenvalue weighted by atomic mass is 35.5. The van der Waals surface area contributed by atoms with E-state index in [0.29, 0.717) is 0 Å². The summed E-state index contributed by atoms with van der Waals surface area (Å²) in [5, 5.41) is 2.57. The van der Waals surface area contributed by atoms with E-state index in [1.54, 1.807) is 0 Å². The van der Waals surface area contributed by atoms with Gasteiger partial charge in [-0.15, -0.1) is 0 Å². The van der Waals surface area contributed by atoms with Crippen molar-refractivity contribution in [2.45, 2.75) is 31.9 Å². The van der Waals surface area contributed by atoms with Gasteiger partial charge >= 0.3 is 6.18 Å². The van der Waals surface area contributed by atoms with Crippen LogP contribution in [0.2, 0.25) is 5.15 Å². The predicted octanol–water partition coefficient (Wildman–Crippen LogP) is 3.44. The number of carbonyl (C=O) groups is 1. The van der Waals surface area contributed by atoms with Crippen molar-refractivity contribution in [1.29, 1.82) is 0 Å². The molecule has 1 aliphatic carbocycles. The molecule has 1 N–H and O–H groups in total. The Balaban J connectivity index is 1.91. The van der Waals surface area contributed by atoms with E-state index in [0.717, 1.165) is 0 Å². The summed E-state index contributed by atoms with van der Waals surface area (Å²) in [5.74, 6) is -1.96. The number of hydrogen-bond donors (Lipinski definition) is 1. The Kier molecular flexibility index (Phi) is 4.47. The minimum atomic E-state index is -4.17. The third-order valence-electron chi connectivity index (χ3n) is 3.46. The zero-order chi connectivity index (χ0) is 14.8. The molecule has 0 bridgehead atoms. The van der Waals surface area contributed by atoms with Crippen molar-refractivity contribution in [3.8, 4) is 0 Å². The molecule has 1 saturated carbocycles. The highest BCUT2D eigenvalue weighted by molar-refractivity contribution is 6.32. The Morgan fingerprint density at radius 3 is 2.35 bits per heavy atom. The van der Waals surface area contributed by atoms with E-state index >= 15 is 0 Å². The van der Waals surface area contributed by atoms with E-state index in [9.17, 15) is 18.0 Å². The Morgan fingerprint density at radius 1 is 1.20 bits per heavy atom. The van der Waals surface area contributed by atoms with Crippen LogP contribution in [0.4, 0.5) is 19.0 Å². The van der Waals surface area contributed by atoms with Crippen molar-refractivity contribution in [2.24, 2.45) is 11.8 Å². The molecule has 0 spiro atoms. The minimum Gasteiger partial charge on any atom is -0.308 e. The highest BCUT2D eigenvalue weighted by Gasteiger charge is 2.42. The molecule has 0 unspecified atom stereocenters. The first-order chi connectivity index (χ1) is 9.38. The summed E-state index contributed by atoms with van der Waals surface area (Å²) in [6.45, 7) is 0. The summed E-state index contributed by atoms with van der Waals surface area (Å²) in [6, 6.07) is 0. The Bertz CT molecular complexity index is 487. The smallest absolute Gasteiger partial charge is 0.308 e. The highest BCUT2D eigenvalue weighted by Crippen LogP contribution is 2.39. The van der Waals surface area contributed by atoms with Crippen molar-refractivity contribution < 1.29 is 18.0 Å². The van der Waals surface area contributed by atoms with Crippen LogP contribution >= 0.6 is 11.6 Å². The molecule has 1 fully saturated rings. The lowest BCUT2D eigenvalue weighted by molar-refractivity contribution is -0.184. The standard InChI is InChI=1S/C12H13ClF3N3O/c13-9-10(18-6-5-17-9)19-11(20)7-1-3-8(4-2-7)12(14,15)16/h5-8H,1-4H2,(H,18,19,20). The van der Waals surface area contributed by atoms with Crippen molar-refractivity contribution in [3.05, 3.63) is 17.5 Å². The topological polar surface area (TPSA) is 54.9 Å². The second-order valence-corrected chi connectivity index (χ2v) is 5.13. The molecule has 20 heavy (non-hydrogen) atoms. The molecule has 1 aromatic heterocycles. The summed E-state index contributed by atoms with van der Waals surface area (Å²) in [5.41, 5.74) is 0. The molecule has 1 aliphatic rings. The van der Waals surface area contributed by atoms with Gasteiger partial charge in [-0.25, -0.2) is 9.97 Å². The molecular formula is C12H13ClF3N3O. The summed E-state index contributed by atoms with van der Waals surface area (Å²) >= 11 is 5.75. The first-order valence-electron chi connectivity index (χ1n) is 6.22. The SMILES string of the molecule is O=C(Nc1nccnc1Cl)C1CCC(C(F)(F)F)CC1. The quantitative estimate of drug-likeness (QED) is 0.910. The Morgan fingerprint density at radius 2 is 1.80 bits per heavy atom. The van der Waals surface area contributed by atoms with Crippen LogP contribution in [-0.4, -0.2) is 22.1 Å². The number of rotatable bonds is 2. The molecule has 0 aliphatic heterocycles. The molecule has 4 nitrogen and oxygen atoms in total. The molecule has 8 heteroatoms. The van der Waals surface area contributed by atoms with Crippen LogP contribution in [0.25, 0.3) is 0 Å². The number of anilines is 1. The van der Waals surface area contributed by atoms with Crippen LogP contribution < -0.4 is 5.32 Å². The fourth-order valence-corrected chi connectivity index (χ4v) is 2.46. The van der Waals surface area contributed by atoms with Crippen LogP contribution in [0.15, 0.2) is 12.4 Å². The molecule has 110 valence electrons. The maximum atomic E-state index is 12.5. The van der Waals surface area contributed by atoms with E-state index in [-0.39, 0.29) is 42.6 Å². The monoisotopic (exact) mass is 307 g/mol. The number of nitrogens with one attached hydrogen (secondary N) is 1. The van der Waals surface area contributed by atoms with Gasteiger partial charge in [-0.05, 0) is 25.7 Å². The third-order valence-corrected chi connectivity index (χ3v) is 3.73. The third kappa shape index (κ3) is 3.59. The van der Waals surface area contributed by atoms with Crippen LogP contribution in [0.1, 0.15) is 25.7 Å². The second-order valence-electron chi connectivity index (χ2n) is 4.78. The van der Waals surface area contributed by atoms with Gasteiger partial charge in [-0.1, -0.05) is 11.6 Å². The summed E-state index contributed by atoms with van der Waals surface area (Å²) < 4.78 is 37.6. The average Bonchev–Trinajstić information content (AvgIpc) is 2.40. The van der Waals surface area contributed by atoms with Crippen molar-refractivity contribution in [2.75, 3.05) is 5.32 Å². The summed E-state index contributed by atoms with van der Waals surface area (Å²) in [4.78, 5) is 19.6. The summed E-state index contributed by atoms with van der Waals surface area (Å²) in [7, 11) is 0. The maximum Gasteiger partial charge on any atom is 0.391 e. The molecule has 1 heterocycles. The number of hydrogen-bond acceptors (Lipinski definition) is 3. The molecule has 0 saturated heterocycles. The van der Waals surface area contributed by atoms with Gasteiger partial charge in [0.1, 0.15) is 0 Å². The van der Waals surface area contributed by atoms with Gasteiger partial charge < -0.3 is 5.32 Å². The largest absolute Gasteiger partial charge is 0.391 e. The number of alkyl halides is 3. The van der Waals surface area contributed by atoms with E-state index in [1.165, 1.54) is 12.4 Å². The molecule has 0 aromatic carbocycles. The van der Waals surface area contributed by atoms with Crippen molar-refractivity contribution in [1.82, 2.24) is 9.97 Å². The number of aromatic nitrogens is 2. The fraction of sp³-hybridized carbons (Fsp3) is 0.583. The number of nitrogens with zero attached hydrogens (tertiary/aromatic N) is 2. The molecule has 0 radical (unpaired) electrons. The van der Waals surface area contributed by atoms with Crippen molar-refractivity contribution in [3.63, 3.8) is 0 Å². The average molecular weight is 308 g/mol.